The number of aliphatic hydroxyl groups excluding tert-OH is 1. The minimum Gasteiger partial charge on any atom is -0.484 e. The van der Waals surface area contributed by atoms with Crippen LogP contribution in [-0.4, -0.2) is 23.7 Å². The van der Waals surface area contributed by atoms with Gasteiger partial charge in [0, 0.05) is 6.04 Å². The highest BCUT2D eigenvalue weighted by Gasteiger charge is 2.21. The molecule has 0 unspecified atom stereocenters. The maximum absolute atomic E-state index is 11.8. The lowest BCUT2D eigenvalue weighted by Gasteiger charge is -2.13. The van der Waals surface area contributed by atoms with Crippen molar-refractivity contribution in [3.05, 3.63) is 29.3 Å². The zero-order valence-corrected chi connectivity index (χ0v) is 11.6. The summed E-state index contributed by atoms with van der Waals surface area (Å²) in [5, 5.41) is 12.7. The van der Waals surface area contributed by atoms with E-state index < -0.39 is 0 Å². The second-order valence-electron chi connectivity index (χ2n) is 5.75. The van der Waals surface area contributed by atoms with E-state index in [-0.39, 0.29) is 18.6 Å². The molecule has 2 N–H and O–H groups in total. The molecule has 1 amide bonds. The van der Waals surface area contributed by atoms with E-state index in [1.165, 1.54) is 12.8 Å². The number of carbonyl (C=O) groups excluding carboxylic acids is 1. The van der Waals surface area contributed by atoms with Crippen LogP contribution in [0, 0.1) is 0 Å². The molecule has 1 fully saturated rings. The number of benzene rings is 1. The molecule has 0 bridgehead atoms. The zero-order chi connectivity index (χ0) is 13.9. The molecule has 0 aromatic heterocycles. The molecule has 108 valence electrons. The molecule has 3 rings (SSSR count). The molecule has 1 aromatic rings. The fourth-order valence-corrected chi connectivity index (χ4v) is 3.15. The highest BCUT2D eigenvalue weighted by atomic mass is 16.5. The minimum absolute atomic E-state index is 0.0440. The van der Waals surface area contributed by atoms with E-state index in [1.54, 1.807) is 0 Å². The molecular formula is C16H21NO3. The Bertz CT molecular complexity index is 494. The number of rotatable bonds is 4. The van der Waals surface area contributed by atoms with Gasteiger partial charge < -0.3 is 15.2 Å². The lowest BCUT2D eigenvalue weighted by Crippen LogP contribution is -2.36. The van der Waals surface area contributed by atoms with E-state index in [1.807, 2.05) is 18.2 Å². The van der Waals surface area contributed by atoms with Gasteiger partial charge in [-0.05, 0) is 48.9 Å². The Morgan fingerprint density at radius 3 is 2.90 bits per heavy atom. The van der Waals surface area contributed by atoms with Gasteiger partial charge in [0.2, 0.25) is 0 Å². The number of nitrogens with one attached hydrogen (secondary N) is 1. The third-order valence-corrected chi connectivity index (χ3v) is 4.25. The van der Waals surface area contributed by atoms with Crippen molar-refractivity contribution in [2.75, 3.05) is 6.61 Å². The molecule has 0 aliphatic heterocycles. The number of aliphatic hydroxyl groups is 1. The molecular weight excluding hydrogens is 254 g/mol. The van der Waals surface area contributed by atoms with Crippen molar-refractivity contribution in [1.82, 2.24) is 5.32 Å². The van der Waals surface area contributed by atoms with Crippen molar-refractivity contribution in [2.45, 2.75) is 50.7 Å². The smallest absolute Gasteiger partial charge is 0.258 e. The van der Waals surface area contributed by atoms with Gasteiger partial charge in [0.05, 0.1) is 6.10 Å². The van der Waals surface area contributed by atoms with Gasteiger partial charge in [0.1, 0.15) is 5.75 Å². The molecule has 2 aliphatic carbocycles. The molecule has 20 heavy (non-hydrogen) atoms. The zero-order valence-electron chi connectivity index (χ0n) is 11.6. The maximum atomic E-state index is 11.8. The third-order valence-electron chi connectivity index (χ3n) is 4.25. The molecule has 0 saturated heterocycles. The van der Waals surface area contributed by atoms with Gasteiger partial charge >= 0.3 is 0 Å². The Morgan fingerprint density at radius 1 is 1.30 bits per heavy atom. The molecule has 1 saturated carbocycles. The Balaban J connectivity index is 1.52. The van der Waals surface area contributed by atoms with E-state index in [2.05, 4.69) is 5.32 Å². The normalized spacial score (nSPS) is 21.8. The van der Waals surface area contributed by atoms with Gasteiger partial charge in [0.25, 0.3) is 5.91 Å². The summed E-state index contributed by atoms with van der Waals surface area (Å²) < 4.78 is 5.54. The first-order valence-corrected chi connectivity index (χ1v) is 7.45. The number of amides is 1. The van der Waals surface area contributed by atoms with Crippen molar-refractivity contribution in [1.29, 1.82) is 0 Å². The van der Waals surface area contributed by atoms with Gasteiger partial charge in [0.15, 0.2) is 6.61 Å². The Morgan fingerprint density at radius 2 is 2.10 bits per heavy atom. The van der Waals surface area contributed by atoms with Gasteiger partial charge in [-0.25, -0.2) is 0 Å². The standard InChI is InChI=1S/C16H21NO3/c18-15-8-5-11-9-13(6-7-14(11)15)20-10-16(19)17-12-3-1-2-4-12/h6-7,9,12,15,18H,1-5,8,10H2,(H,17,19)/t15-/m0/s1. The average molecular weight is 275 g/mol. The first-order chi connectivity index (χ1) is 9.72. The fraction of sp³-hybridized carbons (Fsp3) is 0.562. The predicted molar refractivity (Wildman–Crippen MR) is 75.6 cm³/mol. The van der Waals surface area contributed by atoms with Crippen LogP contribution in [0.1, 0.15) is 49.3 Å². The second-order valence-corrected chi connectivity index (χ2v) is 5.75. The highest BCUT2D eigenvalue weighted by Crippen LogP contribution is 2.33. The summed E-state index contributed by atoms with van der Waals surface area (Å²) in [5.41, 5.74) is 2.12. The van der Waals surface area contributed by atoms with E-state index in [0.717, 1.165) is 36.8 Å². The van der Waals surface area contributed by atoms with Crippen LogP contribution in [0.4, 0.5) is 0 Å². The molecule has 1 atom stereocenters. The summed E-state index contributed by atoms with van der Waals surface area (Å²) in [7, 11) is 0. The van der Waals surface area contributed by atoms with Crippen LogP contribution in [0.25, 0.3) is 0 Å². The summed E-state index contributed by atoms with van der Waals surface area (Å²) in [5.74, 6) is 0.664. The molecule has 0 heterocycles. The van der Waals surface area contributed by atoms with Crippen molar-refractivity contribution < 1.29 is 14.6 Å². The van der Waals surface area contributed by atoms with Crippen LogP contribution >= 0.6 is 0 Å². The summed E-state index contributed by atoms with van der Waals surface area (Å²) >= 11 is 0. The SMILES string of the molecule is O=C(COc1ccc2c(c1)CC[C@@H]2O)NC1CCCC1. The summed E-state index contributed by atoms with van der Waals surface area (Å²) in [6.45, 7) is 0.0673. The predicted octanol–water partition coefficient (Wildman–Crippen LogP) is 2.10. The van der Waals surface area contributed by atoms with Gasteiger partial charge in [-0.15, -0.1) is 0 Å². The fourth-order valence-electron chi connectivity index (χ4n) is 3.15. The highest BCUT2D eigenvalue weighted by molar-refractivity contribution is 5.77. The van der Waals surface area contributed by atoms with Crippen LogP contribution in [0.5, 0.6) is 5.75 Å². The number of aryl methyl sites for hydroxylation is 1. The quantitative estimate of drug-likeness (QED) is 0.884. The average Bonchev–Trinajstić information content (AvgIpc) is 3.07. The lowest BCUT2D eigenvalue weighted by molar-refractivity contribution is -0.123. The van der Waals surface area contributed by atoms with E-state index in [0.29, 0.717) is 11.8 Å². The minimum atomic E-state index is -0.343. The summed E-state index contributed by atoms with van der Waals surface area (Å²) in [6, 6.07) is 6.00. The van der Waals surface area contributed by atoms with Crippen molar-refractivity contribution in [2.24, 2.45) is 0 Å². The molecule has 4 nitrogen and oxygen atoms in total. The molecule has 4 heteroatoms. The van der Waals surface area contributed by atoms with Crippen LogP contribution in [0.2, 0.25) is 0 Å². The number of ether oxygens (including phenoxy) is 1. The van der Waals surface area contributed by atoms with Gasteiger partial charge in [-0.2, -0.15) is 0 Å². The van der Waals surface area contributed by atoms with Crippen LogP contribution in [0.15, 0.2) is 18.2 Å². The molecule has 2 aliphatic rings. The Kier molecular flexibility index (Phi) is 3.92. The second kappa shape index (κ2) is 5.83. The van der Waals surface area contributed by atoms with Crippen LogP contribution in [0.3, 0.4) is 0 Å². The number of fused-ring (bicyclic) bond motifs is 1. The monoisotopic (exact) mass is 275 g/mol. The van der Waals surface area contributed by atoms with Crippen LogP contribution < -0.4 is 10.1 Å². The molecule has 0 radical (unpaired) electrons. The third kappa shape index (κ3) is 2.96. The van der Waals surface area contributed by atoms with E-state index in [9.17, 15) is 9.90 Å². The summed E-state index contributed by atoms with van der Waals surface area (Å²) in [4.78, 5) is 11.8. The lowest BCUT2D eigenvalue weighted by atomic mass is 10.1. The first kappa shape index (κ1) is 13.4. The Hall–Kier alpha value is -1.55. The maximum Gasteiger partial charge on any atom is 0.258 e. The van der Waals surface area contributed by atoms with Gasteiger partial charge in [-0.1, -0.05) is 18.9 Å². The van der Waals surface area contributed by atoms with Gasteiger partial charge in [-0.3, -0.25) is 4.79 Å². The van der Waals surface area contributed by atoms with Crippen molar-refractivity contribution >= 4 is 5.91 Å². The van der Waals surface area contributed by atoms with Crippen molar-refractivity contribution in [3.63, 3.8) is 0 Å². The number of hydrogen-bond acceptors (Lipinski definition) is 3. The topological polar surface area (TPSA) is 58.6 Å². The molecule has 0 spiro atoms. The largest absolute Gasteiger partial charge is 0.484 e. The summed E-state index contributed by atoms with van der Waals surface area (Å²) in [6.07, 6.45) is 5.90. The van der Waals surface area contributed by atoms with E-state index >= 15 is 0 Å². The molecule has 1 aromatic carbocycles. The van der Waals surface area contributed by atoms with Crippen LogP contribution in [-0.2, 0) is 11.2 Å². The van der Waals surface area contributed by atoms with E-state index in [4.69, 9.17) is 4.74 Å². The Labute approximate surface area is 119 Å². The number of hydrogen-bond donors (Lipinski definition) is 2. The van der Waals surface area contributed by atoms with Crippen molar-refractivity contribution in [3.8, 4) is 5.75 Å². The first-order valence-electron chi connectivity index (χ1n) is 7.45. The number of carbonyl (C=O) groups is 1.